The van der Waals surface area contributed by atoms with Crippen LogP contribution in [0, 0.1) is 5.41 Å². The number of nitrogens with zero attached hydrogens (tertiary/aromatic N) is 4. The van der Waals surface area contributed by atoms with E-state index in [4.69, 9.17) is 0 Å². The Hall–Kier alpha value is -1.43. The number of piperidine rings is 1. The van der Waals surface area contributed by atoms with Crippen LogP contribution >= 0.6 is 11.3 Å². The average molecular weight is 292 g/mol. The minimum absolute atomic E-state index is 0.106. The first kappa shape index (κ1) is 13.5. The average Bonchev–Trinajstić information content (AvgIpc) is 2.84. The molecule has 5 nitrogen and oxygen atoms in total. The van der Waals surface area contributed by atoms with Crippen molar-refractivity contribution >= 4 is 21.4 Å². The number of anilines is 1. The maximum atomic E-state index is 11.8. The summed E-state index contributed by atoms with van der Waals surface area (Å²) in [7, 11) is 0. The fourth-order valence-electron chi connectivity index (χ4n) is 3.15. The van der Waals surface area contributed by atoms with Gasteiger partial charge >= 0.3 is 0 Å². The predicted molar refractivity (Wildman–Crippen MR) is 81.6 cm³/mol. The number of fused-ring (bicyclic) bond motifs is 1. The van der Waals surface area contributed by atoms with Crippen molar-refractivity contribution in [3.63, 3.8) is 0 Å². The molecule has 0 bridgehead atoms. The maximum Gasteiger partial charge on any atom is 0.275 e. The molecule has 1 saturated heterocycles. The van der Waals surface area contributed by atoms with Gasteiger partial charge in [0.2, 0.25) is 10.1 Å². The van der Waals surface area contributed by atoms with E-state index in [0.717, 1.165) is 18.2 Å². The molecule has 0 amide bonds. The Morgan fingerprint density at radius 1 is 1.50 bits per heavy atom. The summed E-state index contributed by atoms with van der Waals surface area (Å²) in [5, 5.41) is 5.37. The van der Waals surface area contributed by atoms with E-state index in [-0.39, 0.29) is 5.56 Å². The smallest absolute Gasteiger partial charge is 0.275 e. The second-order valence-corrected chi connectivity index (χ2v) is 6.88. The van der Waals surface area contributed by atoms with Crippen LogP contribution in [0.1, 0.15) is 39.5 Å². The van der Waals surface area contributed by atoms with Crippen LogP contribution in [0.25, 0.3) is 4.96 Å². The van der Waals surface area contributed by atoms with Crippen molar-refractivity contribution in [3.05, 3.63) is 22.6 Å². The molecule has 0 N–H and O–H groups in total. The summed E-state index contributed by atoms with van der Waals surface area (Å²) in [4.78, 5) is 19.0. The lowest BCUT2D eigenvalue weighted by Gasteiger charge is -2.40. The molecule has 0 aliphatic carbocycles. The summed E-state index contributed by atoms with van der Waals surface area (Å²) >= 11 is 1.50. The van der Waals surface area contributed by atoms with E-state index >= 15 is 0 Å². The molecule has 3 heterocycles. The Balaban J connectivity index is 1.91. The normalized spacial score (nSPS) is 23.4. The first-order valence-electron chi connectivity index (χ1n) is 7.21. The molecule has 2 aromatic rings. The fourth-order valence-corrected chi connectivity index (χ4v) is 4.05. The highest BCUT2D eigenvalue weighted by Gasteiger charge is 2.31. The van der Waals surface area contributed by atoms with Crippen LogP contribution < -0.4 is 10.5 Å². The molecule has 20 heavy (non-hydrogen) atoms. The zero-order chi connectivity index (χ0) is 14.2. The molecule has 108 valence electrons. The monoisotopic (exact) mass is 292 g/mol. The number of hydrogen-bond acceptors (Lipinski definition) is 5. The molecule has 0 spiro atoms. The summed E-state index contributed by atoms with van der Waals surface area (Å²) in [5.74, 6) is 0. The molecule has 2 aromatic heterocycles. The van der Waals surface area contributed by atoms with Gasteiger partial charge in [0.25, 0.3) is 5.56 Å². The van der Waals surface area contributed by atoms with Crippen molar-refractivity contribution in [1.82, 2.24) is 14.6 Å². The summed E-state index contributed by atoms with van der Waals surface area (Å²) in [6.07, 6.45) is 6.48. The molecule has 1 atom stereocenters. The zero-order valence-electron chi connectivity index (χ0n) is 12.0. The number of hydrogen-bond donors (Lipinski definition) is 0. The lowest BCUT2D eigenvalue weighted by molar-refractivity contribution is 0.239. The molecule has 6 heteroatoms. The summed E-state index contributed by atoms with van der Waals surface area (Å²) in [6.45, 7) is 6.65. The van der Waals surface area contributed by atoms with Crippen molar-refractivity contribution in [1.29, 1.82) is 0 Å². The predicted octanol–water partition coefficient (Wildman–Crippen LogP) is 2.56. The lowest BCUT2D eigenvalue weighted by atomic mass is 9.78. The standard InChI is InChI=1S/C14H20N4OS/c1-3-6-14(2)7-4-9-17(10-14)13-16-18-11(19)5-8-15-12(18)20-13/h5,8H,3-4,6-7,9-10H2,1-2H3. The Morgan fingerprint density at radius 2 is 2.35 bits per heavy atom. The molecule has 1 fully saturated rings. The summed E-state index contributed by atoms with van der Waals surface area (Å²) in [5.41, 5.74) is 0.259. The molecular weight excluding hydrogens is 272 g/mol. The summed E-state index contributed by atoms with van der Waals surface area (Å²) in [6, 6.07) is 1.45. The van der Waals surface area contributed by atoms with Crippen molar-refractivity contribution in [2.75, 3.05) is 18.0 Å². The van der Waals surface area contributed by atoms with Gasteiger partial charge in [0.15, 0.2) is 0 Å². The molecule has 0 saturated carbocycles. The minimum atomic E-state index is -0.106. The Kier molecular flexibility index (Phi) is 3.50. The van der Waals surface area contributed by atoms with Gasteiger partial charge in [0.1, 0.15) is 0 Å². The third-order valence-electron chi connectivity index (χ3n) is 4.07. The van der Waals surface area contributed by atoms with Gasteiger partial charge in [0.05, 0.1) is 0 Å². The fraction of sp³-hybridized carbons (Fsp3) is 0.643. The van der Waals surface area contributed by atoms with Crippen LogP contribution in [0.3, 0.4) is 0 Å². The molecule has 1 aliphatic heterocycles. The van der Waals surface area contributed by atoms with E-state index in [9.17, 15) is 4.79 Å². The molecule has 0 radical (unpaired) electrons. The van der Waals surface area contributed by atoms with Crippen molar-refractivity contribution in [2.45, 2.75) is 39.5 Å². The van der Waals surface area contributed by atoms with E-state index < -0.39 is 0 Å². The third kappa shape index (κ3) is 2.44. The number of rotatable bonds is 3. The summed E-state index contributed by atoms with van der Waals surface area (Å²) < 4.78 is 1.41. The number of aromatic nitrogens is 3. The van der Waals surface area contributed by atoms with Crippen molar-refractivity contribution in [2.24, 2.45) is 5.41 Å². The lowest BCUT2D eigenvalue weighted by Crippen LogP contribution is -2.41. The molecule has 1 aliphatic rings. The Labute approximate surface area is 122 Å². The first-order chi connectivity index (χ1) is 9.61. The largest absolute Gasteiger partial charge is 0.346 e. The highest BCUT2D eigenvalue weighted by atomic mass is 32.1. The van der Waals surface area contributed by atoms with E-state index in [1.165, 1.54) is 47.6 Å². The quantitative estimate of drug-likeness (QED) is 0.872. The molecule has 0 aromatic carbocycles. The second kappa shape index (κ2) is 5.16. The van der Waals surface area contributed by atoms with E-state index in [2.05, 4.69) is 28.8 Å². The SMILES string of the molecule is CCCC1(C)CCCN(c2nn3c(=O)ccnc3s2)C1. The van der Waals surface area contributed by atoms with Crippen LogP contribution in [-0.4, -0.2) is 27.7 Å². The topological polar surface area (TPSA) is 50.5 Å². The second-order valence-electron chi connectivity index (χ2n) is 5.95. The Bertz CT molecular complexity index is 660. The zero-order valence-corrected chi connectivity index (χ0v) is 12.8. The maximum absolute atomic E-state index is 11.8. The van der Waals surface area contributed by atoms with E-state index in [0.29, 0.717) is 10.4 Å². The molecule has 3 rings (SSSR count). The van der Waals surface area contributed by atoms with Gasteiger partial charge in [-0.25, -0.2) is 4.98 Å². The van der Waals surface area contributed by atoms with Gasteiger partial charge in [-0.3, -0.25) is 4.79 Å². The van der Waals surface area contributed by atoms with Crippen LogP contribution in [0.4, 0.5) is 5.13 Å². The first-order valence-corrected chi connectivity index (χ1v) is 8.03. The van der Waals surface area contributed by atoms with Crippen LogP contribution in [0.2, 0.25) is 0 Å². The third-order valence-corrected chi connectivity index (χ3v) is 5.05. The van der Waals surface area contributed by atoms with Gasteiger partial charge in [0, 0.05) is 25.4 Å². The van der Waals surface area contributed by atoms with Crippen LogP contribution in [-0.2, 0) is 0 Å². The van der Waals surface area contributed by atoms with Crippen molar-refractivity contribution < 1.29 is 0 Å². The van der Waals surface area contributed by atoms with Gasteiger partial charge in [-0.15, -0.1) is 5.10 Å². The van der Waals surface area contributed by atoms with Crippen molar-refractivity contribution in [3.8, 4) is 0 Å². The molecular formula is C14H20N4OS. The van der Waals surface area contributed by atoms with Gasteiger partial charge in [-0.05, 0) is 24.7 Å². The van der Waals surface area contributed by atoms with Gasteiger partial charge < -0.3 is 4.90 Å². The van der Waals surface area contributed by atoms with Crippen LogP contribution in [0.5, 0.6) is 0 Å². The van der Waals surface area contributed by atoms with Crippen LogP contribution in [0.15, 0.2) is 17.1 Å². The Morgan fingerprint density at radius 3 is 3.10 bits per heavy atom. The minimum Gasteiger partial charge on any atom is -0.346 e. The van der Waals surface area contributed by atoms with Gasteiger partial charge in [-0.1, -0.05) is 31.6 Å². The highest BCUT2D eigenvalue weighted by Crippen LogP contribution is 2.36. The highest BCUT2D eigenvalue weighted by molar-refractivity contribution is 7.20. The van der Waals surface area contributed by atoms with E-state index in [1.807, 2.05) is 0 Å². The van der Waals surface area contributed by atoms with Gasteiger partial charge in [-0.2, -0.15) is 4.52 Å². The molecule has 1 unspecified atom stereocenters. The van der Waals surface area contributed by atoms with E-state index in [1.54, 1.807) is 6.20 Å².